The normalized spacial score (nSPS) is 19.3. The van der Waals surface area contributed by atoms with Gasteiger partial charge in [-0.1, -0.05) is 0 Å². The van der Waals surface area contributed by atoms with Crippen molar-refractivity contribution >= 4 is 5.97 Å². The average molecular weight is 259 g/mol. The summed E-state index contributed by atoms with van der Waals surface area (Å²) in [5.74, 6) is -2.25. The maximum absolute atomic E-state index is 13.1. The second kappa shape index (κ2) is 4.26. The van der Waals surface area contributed by atoms with Gasteiger partial charge < -0.3 is 5.11 Å². The van der Waals surface area contributed by atoms with E-state index in [1.54, 1.807) is 0 Å². The Kier molecular flexibility index (Phi) is 3.04. The van der Waals surface area contributed by atoms with E-state index in [2.05, 4.69) is 4.98 Å². The van der Waals surface area contributed by atoms with Crippen molar-refractivity contribution < 1.29 is 23.1 Å². The summed E-state index contributed by atoms with van der Waals surface area (Å²) in [6, 6.07) is 2.92. The molecule has 1 saturated carbocycles. The maximum atomic E-state index is 13.1. The minimum atomic E-state index is -4.36. The van der Waals surface area contributed by atoms with Gasteiger partial charge in [-0.15, -0.1) is 0 Å². The second-order valence-corrected chi connectivity index (χ2v) is 4.58. The van der Waals surface area contributed by atoms with Crippen LogP contribution < -0.4 is 0 Å². The zero-order valence-corrected chi connectivity index (χ0v) is 9.44. The molecular formula is C12H12F3NO2. The number of hydrogen-bond donors (Lipinski definition) is 1. The summed E-state index contributed by atoms with van der Waals surface area (Å²) in [6.45, 7) is 0. The first kappa shape index (κ1) is 12.9. The minimum Gasteiger partial charge on any atom is -0.481 e. The number of aromatic nitrogens is 1. The number of hydrogen-bond acceptors (Lipinski definition) is 2. The van der Waals surface area contributed by atoms with Crippen LogP contribution in [-0.4, -0.2) is 22.2 Å². The first-order valence-corrected chi connectivity index (χ1v) is 5.55. The molecule has 1 N–H and O–H groups in total. The highest BCUT2D eigenvalue weighted by atomic mass is 19.4. The van der Waals surface area contributed by atoms with Gasteiger partial charge in [0.2, 0.25) is 0 Å². The number of nitrogens with zero attached hydrogens (tertiary/aromatic N) is 1. The number of carboxylic acid groups (broad SMARTS) is 1. The molecule has 1 aromatic rings. The quantitative estimate of drug-likeness (QED) is 0.904. The van der Waals surface area contributed by atoms with Gasteiger partial charge in [0.1, 0.15) is 0 Å². The van der Waals surface area contributed by atoms with Gasteiger partial charge in [-0.3, -0.25) is 9.78 Å². The number of carboxylic acids is 1. The molecule has 1 aromatic heterocycles. The van der Waals surface area contributed by atoms with E-state index in [1.807, 2.05) is 0 Å². The van der Waals surface area contributed by atoms with Gasteiger partial charge in [0, 0.05) is 18.3 Å². The molecule has 18 heavy (non-hydrogen) atoms. The van der Waals surface area contributed by atoms with Crippen LogP contribution in [0, 0.1) is 5.41 Å². The van der Waals surface area contributed by atoms with Crippen LogP contribution in [-0.2, 0) is 4.79 Å². The van der Waals surface area contributed by atoms with Crippen molar-refractivity contribution in [2.75, 3.05) is 0 Å². The summed E-state index contributed by atoms with van der Waals surface area (Å²) in [4.78, 5) is 14.5. The molecule has 6 heteroatoms. The minimum absolute atomic E-state index is 0.00320. The Balaban J connectivity index is 2.36. The summed E-state index contributed by atoms with van der Waals surface area (Å²) in [5.41, 5.74) is -1.48. The summed E-state index contributed by atoms with van der Waals surface area (Å²) in [6.07, 6.45) is -2.11. The van der Waals surface area contributed by atoms with Crippen LogP contribution >= 0.6 is 0 Å². The highest BCUT2D eigenvalue weighted by Crippen LogP contribution is 2.66. The largest absolute Gasteiger partial charge is 0.481 e. The summed E-state index contributed by atoms with van der Waals surface area (Å²) in [7, 11) is 0. The molecule has 2 rings (SSSR count). The molecule has 0 saturated heterocycles. The van der Waals surface area contributed by atoms with Gasteiger partial charge >= 0.3 is 12.1 Å². The predicted octanol–water partition coefficient (Wildman–Crippen LogP) is 2.98. The molecule has 1 aliphatic rings. The lowest BCUT2D eigenvalue weighted by molar-refractivity contribution is -0.195. The Morgan fingerprint density at radius 1 is 1.39 bits per heavy atom. The molecule has 0 radical (unpaired) electrons. The molecule has 98 valence electrons. The zero-order valence-electron chi connectivity index (χ0n) is 9.44. The van der Waals surface area contributed by atoms with Crippen LogP contribution in [0.2, 0.25) is 0 Å². The van der Waals surface area contributed by atoms with Crippen molar-refractivity contribution in [2.45, 2.75) is 31.4 Å². The maximum Gasteiger partial charge on any atom is 0.395 e. The molecular weight excluding hydrogens is 247 g/mol. The molecule has 1 heterocycles. The Morgan fingerprint density at radius 2 is 1.94 bits per heavy atom. The van der Waals surface area contributed by atoms with Gasteiger partial charge in [-0.25, -0.2) is 0 Å². The first-order valence-electron chi connectivity index (χ1n) is 5.55. The fourth-order valence-corrected chi connectivity index (χ4v) is 2.37. The number of aliphatic carboxylic acids is 1. The topological polar surface area (TPSA) is 50.2 Å². The van der Waals surface area contributed by atoms with Crippen LogP contribution in [0.15, 0.2) is 24.5 Å². The van der Waals surface area contributed by atoms with E-state index in [1.165, 1.54) is 24.5 Å². The van der Waals surface area contributed by atoms with E-state index >= 15 is 0 Å². The van der Waals surface area contributed by atoms with Crippen molar-refractivity contribution in [1.29, 1.82) is 0 Å². The van der Waals surface area contributed by atoms with Crippen molar-refractivity contribution in [3.8, 4) is 0 Å². The monoisotopic (exact) mass is 259 g/mol. The van der Waals surface area contributed by atoms with E-state index in [0.717, 1.165) is 0 Å². The smallest absolute Gasteiger partial charge is 0.395 e. The summed E-state index contributed by atoms with van der Waals surface area (Å²) < 4.78 is 39.2. The summed E-state index contributed by atoms with van der Waals surface area (Å²) in [5, 5.41) is 8.82. The highest BCUT2D eigenvalue weighted by Gasteiger charge is 2.67. The SMILES string of the molecule is O=C(O)C[C@H](c1ccncc1)C1(C(F)(F)F)CC1. The van der Waals surface area contributed by atoms with Crippen LogP contribution in [0.4, 0.5) is 13.2 Å². The lowest BCUT2D eigenvalue weighted by Gasteiger charge is -2.28. The Hall–Kier alpha value is -1.59. The molecule has 3 nitrogen and oxygen atoms in total. The number of halogens is 3. The number of rotatable bonds is 4. The first-order chi connectivity index (χ1) is 8.37. The van der Waals surface area contributed by atoms with Gasteiger partial charge in [0.25, 0.3) is 0 Å². The van der Waals surface area contributed by atoms with E-state index in [4.69, 9.17) is 5.11 Å². The Bertz CT molecular complexity index is 440. The zero-order chi connectivity index (χ0) is 13.4. The summed E-state index contributed by atoms with van der Waals surface area (Å²) >= 11 is 0. The molecule has 0 amide bonds. The van der Waals surface area contributed by atoms with Gasteiger partial charge in [0.15, 0.2) is 0 Å². The molecule has 1 fully saturated rings. The lowest BCUT2D eigenvalue weighted by Crippen LogP contribution is -2.32. The van der Waals surface area contributed by atoms with Crippen molar-refractivity contribution in [3.05, 3.63) is 30.1 Å². The second-order valence-electron chi connectivity index (χ2n) is 4.58. The standard InChI is InChI=1S/C12H12F3NO2/c13-12(14,15)11(3-4-11)9(7-10(17)18)8-1-5-16-6-2-8/h1-2,5-6,9H,3-4,7H2,(H,17,18)/t9-/m1/s1. The Labute approximate surface area is 102 Å². The van der Waals surface area contributed by atoms with Crippen molar-refractivity contribution in [2.24, 2.45) is 5.41 Å². The van der Waals surface area contributed by atoms with Gasteiger partial charge in [0.05, 0.1) is 11.8 Å². The molecule has 0 unspecified atom stereocenters. The van der Waals surface area contributed by atoms with Crippen LogP contribution in [0.5, 0.6) is 0 Å². The van der Waals surface area contributed by atoms with Crippen molar-refractivity contribution in [3.63, 3.8) is 0 Å². The third-order valence-electron chi connectivity index (χ3n) is 3.51. The van der Waals surface area contributed by atoms with E-state index < -0.39 is 29.9 Å². The van der Waals surface area contributed by atoms with Crippen LogP contribution in [0.3, 0.4) is 0 Å². The van der Waals surface area contributed by atoms with E-state index in [-0.39, 0.29) is 12.8 Å². The highest BCUT2D eigenvalue weighted by molar-refractivity contribution is 5.68. The van der Waals surface area contributed by atoms with Crippen molar-refractivity contribution in [1.82, 2.24) is 4.98 Å². The van der Waals surface area contributed by atoms with Crippen LogP contribution in [0.1, 0.15) is 30.7 Å². The molecule has 0 spiro atoms. The average Bonchev–Trinajstić information content (AvgIpc) is 3.07. The van der Waals surface area contributed by atoms with Gasteiger partial charge in [-0.2, -0.15) is 13.2 Å². The number of pyridine rings is 1. The van der Waals surface area contributed by atoms with Crippen LogP contribution in [0.25, 0.3) is 0 Å². The molecule has 1 aliphatic carbocycles. The fourth-order valence-electron chi connectivity index (χ4n) is 2.37. The molecule has 1 atom stereocenters. The van der Waals surface area contributed by atoms with Gasteiger partial charge in [-0.05, 0) is 30.5 Å². The third kappa shape index (κ3) is 2.19. The molecule has 0 bridgehead atoms. The fraction of sp³-hybridized carbons (Fsp3) is 0.500. The van der Waals surface area contributed by atoms with E-state index in [0.29, 0.717) is 5.56 Å². The molecule has 0 aromatic carbocycles. The Morgan fingerprint density at radius 3 is 2.33 bits per heavy atom. The lowest BCUT2D eigenvalue weighted by atomic mass is 9.80. The number of alkyl halides is 3. The van der Waals surface area contributed by atoms with E-state index in [9.17, 15) is 18.0 Å². The number of carbonyl (C=O) groups is 1. The predicted molar refractivity (Wildman–Crippen MR) is 57.0 cm³/mol. The molecule has 0 aliphatic heterocycles. The third-order valence-corrected chi connectivity index (χ3v) is 3.51.